The van der Waals surface area contributed by atoms with Crippen molar-refractivity contribution in [1.29, 1.82) is 0 Å². The Morgan fingerprint density at radius 1 is 0.966 bits per heavy atom. The van der Waals surface area contributed by atoms with Crippen molar-refractivity contribution < 1.29 is 14.4 Å². The fraction of sp³-hybridized carbons (Fsp3) is 0.348. The Morgan fingerprint density at radius 3 is 2.10 bits per heavy atom. The SMILES string of the molecule is Cc1ccc(NC(=O)/C=N/OCC(=O)Nc2c(C(C)C)cccc2C(C)C)cc1. The Morgan fingerprint density at radius 2 is 1.55 bits per heavy atom. The minimum Gasteiger partial charge on any atom is -0.385 e. The molecule has 0 aliphatic heterocycles. The molecular weight excluding hydrogens is 366 g/mol. The molecule has 6 heteroatoms. The maximum Gasteiger partial charge on any atom is 0.270 e. The van der Waals surface area contributed by atoms with Crippen molar-refractivity contribution in [2.24, 2.45) is 5.16 Å². The lowest BCUT2D eigenvalue weighted by Crippen LogP contribution is -2.20. The third-order valence-electron chi connectivity index (χ3n) is 4.40. The molecule has 2 amide bonds. The Bertz CT molecular complexity index is 845. The summed E-state index contributed by atoms with van der Waals surface area (Å²) in [5.41, 5.74) is 4.74. The Hall–Kier alpha value is -3.15. The first kappa shape index (κ1) is 22.1. The summed E-state index contributed by atoms with van der Waals surface area (Å²) >= 11 is 0. The van der Waals surface area contributed by atoms with Gasteiger partial charge in [-0.05, 0) is 42.0 Å². The van der Waals surface area contributed by atoms with Crippen molar-refractivity contribution in [3.8, 4) is 0 Å². The molecule has 2 aromatic carbocycles. The lowest BCUT2D eigenvalue weighted by Gasteiger charge is -2.19. The van der Waals surface area contributed by atoms with Gasteiger partial charge in [-0.3, -0.25) is 9.59 Å². The number of amides is 2. The van der Waals surface area contributed by atoms with Gasteiger partial charge >= 0.3 is 0 Å². The van der Waals surface area contributed by atoms with E-state index in [2.05, 4.69) is 43.5 Å². The molecule has 0 fully saturated rings. The second-order valence-electron chi connectivity index (χ2n) is 7.53. The molecule has 29 heavy (non-hydrogen) atoms. The molecule has 154 valence electrons. The van der Waals surface area contributed by atoms with Gasteiger partial charge in [0.1, 0.15) is 6.21 Å². The number of hydrogen-bond acceptors (Lipinski definition) is 4. The average Bonchev–Trinajstić information content (AvgIpc) is 2.67. The molecule has 2 N–H and O–H groups in total. The van der Waals surface area contributed by atoms with Crippen LogP contribution < -0.4 is 10.6 Å². The normalized spacial score (nSPS) is 11.1. The van der Waals surface area contributed by atoms with Crippen LogP contribution in [0.2, 0.25) is 0 Å². The van der Waals surface area contributed by atoms with E-state index in [-0.39, 0.29) is 24.3 Å². The summed E-state index contributed by atoms with van der Waals surface area (Å²) in [5.74, 6) is -0.209. The van der Waals surface area contributed by atoms with Gasteiger partial charge < -0.3 is 15.5 Å². The zero-order chi connectivity index (χ0) is 21.4. The number of carbonyl (C=O) groups is 2. The van der Waals surface area contributed by atoms with Crippen LogP contribution in [0.15, 0.2) is 47.6 Å². The summed E-state index contributed by atoms with van der Waals surface area (Å²) in [7, 11) is 0. The molecule has 2 rings (SSSR count). The molecule has 0 unspecified atom stereocenters. The zero-order valence-electron chi connectivity index (χ0n) is 17.7. The van der Waals surface area contributed by atoms with Crippen molar-refractivity contribution in [3.63, 3.8) is 0 Å². The molecule has 0 atom stereocenters. The first-order valence-corrected chi connectivity index (χ1v) is 9.73. The van der Waals surface area contributed by atoms with Crippen molar-refractivity contribution in [3.05, 3.63) is 59.2 Å². The summed E-state index contributed by atoms with van der Waals surface area (Å²) in [6.45, 7) is 10.0. The predicted molar refractivity (Wildman–Crippen MR) is 118 cm³/mol. The number of benzene rings is 2. The number of rotatable bonds is 8. The zero-order valence-corrected chi connectivity index (χ0v) is 17.7. The van der Waals surface area contributed by atoms with Crippen LogP contribution in [0.4, 0.5) is 11.4 Å². The highest BCUT2D eigenvalue weighted by Crippen LogP contribution is 2.32. The summed E-state index contributed by atoms with van der Waals surface area (Å²) in [5, 5.41) is 9.19. The fourth-order valence-electron chi connectivity index (χ4n) is 2.86. The monoisotopic (exact) mass is 395 g/mol. The van der Waals surface area contributed by atoms with Crippen LogP contribution in [-0.2, 0) is 14.4 Å². The number of carbonyl (C=O) groups excluding carboxylic acids is 2. The maximum absolute atomic E-state index is 12.3. The number of aryl methyl sites for hydroxylation is 1. The molecule has 0 saturated heterocycles. The molecule has 0 aromatic heterocycles. The number of anilines is 2. The molecule has 0 radical (unpaired) electrons. The number of oxime groups is 1. The molecule has 0 spiro atoms. The summed E-state index contributed by atoms with van der Waals surface area (Å²) in [6.07, 6.45) is 1.01. The van der Waals surface area contributed by atoms with E-state index in [0.717, 1.165) is 28.6 Å². The van der Waals surface area contributed by atoms with E-state index in [1.807, 2.05) is 37.3 Å². The molecule has 2 aromatic rings. The third kappa shape index (κ3) is 6.75. The van der Waals surface area contributed by atoms with Crippen LogP contribution in [0.25, 0.3) is 0 Å². The van der Waals surface area contributed by atoms with Crippen LogP contribution in [0, 0.1) is 6.92 Å². The van der Waals surface area contributed by atoms with E-state index in [9.17, 15) is 9.59 Å². The minimum atomic E-state index is -0.429. The average molecular weight is 396 g/mol. The highest BCUT2D eigenvalue weighted by molar-refractivity contribution is 6.31. The predicted octanol–water partition coefficient (Wildman–Crippen LogP) is 4.82. The summed E-state index contributed by atoms with van der Waals surface area (Å²) in [4.78, 5) is 29.1. The van der Waals surface area contributed by atoms with Crippen molar-refractivity contribution >= 4 is 29.4 Å². The van der Waals surface area contributed by atoms with E-state index in [4.69, 9.17) is 4.84 Å². The van der Waals surface area contributed by atoms with Crippen LogP contribution in [0.1, 0.15) is 56.2 Å². The van der Waals surface area contributed by atoms with E-state index in [0.29, 0.717) is 5.69 Å². The smallest absolute Gasteiger partial charge is 0.270 e. The molecule has 0 heterocycles. The highest BCUT2D eigenvalue weighted by Gasteiger charge is 2.16. The van der Waals surface area contributed by atoms with Crippen LogP contribution in [0.5, 0.6) is 0 Å². The third-order valence-corrected chi connectivity index (χ3v) is 4.40. The quantitative estimate of drug-likeness (QED) is 0.497. The topological polar surface area (TPSA) is 79.8 Å². The van der Waals surface area contributed by atoms with Gasteiger partial charge in [0.2, 0.25) is 0 Å². The molecule has 0 saturated carbocycles. The standard InChI is InChI=1S/C23H29N3O3/c1-15(2)19-7-6-8-20(16(3)4)23(19)26-22(28)14-29-24-13-21(27)25-18-11-9-17(5)10-12-18/h6-13,15-16H,14H2,1-5H3,(H,25,27)(H,26,28)/b24-13+. The number of nitrogens with zero attached hydrogens (tertiary/aromatic N) is 1. The van der Waals surface area contributed by atoms with Crippen molar-refractivity contribution in [1.82, 2.24) is 0 Å². The number of hydrogen-bond donors (Lipinski definition) is 2. The first-order chi connectivity index (χ1) is 13.8. The minimum absolute atomic E-state index is 0.272. The van der Waals surface area contributed by atoms with Gasteiger partial charge in [0.05, 0.1) is 0 Å². The van der Waals surface area contributed by atoms with Gasteiger partial charge in [0, 0.05) is 11.4 Å². The van der Waals surface area contributed by atoms with Gasteiger partial charge in [-0.15, -0.1) is 0 Å². The molecule has 6 nitrogen and oxygen atoms in total. The van der Waals surface area contributed by atoms with E-state index < -0.39 is 5.91 Å². The fourth-order valence-corrected chi connectivity index (χ4v) is 2.86. The molecular formula is C23H29N3O3. The lowest BCUT2D eigenvalue weighted by molar-refractivity contribution is -0.120. The van der Waals surface area contributed by atoms with Crippen molar-refractivity contribution in [2.75, 3.05) is 17.2 Å². The van der Waals surface area contributed by atoms with Gasteiger partial charge in [-0.1, -0.05) is 68.7 Å². The van der Waals surface area contributed by atoms with Crippen LogP contribution in [-0.4, -0.2) is 24.6 Å². The van der Waals surface area contributed by atoms with Gasteiger partial charge in [0.15, 0.2) is 6.61 Å². The summed E-state index contributed by atoms with van der Waals surface area (Å²) in [6, 6.07) is 13.4. The molecule has 0 bridgehead atoms. The van der Waals surface area contributed by atoms with Crippen LogP contribution >= 0.6 is 0 Å². The second-order valence-corrected chi connectivity index (χ2v) is 7.53. The van der Waals surface area contributed by atoms with Gasteiger partial charge in [-0.25, -0.2) is 0 Å². The van der Waals surface area contributed by atoms with Gasteiger partial charge in [0.25, 0.3) is 11.8 Å². The number of nitrogens with one attached hydrogen (secondary N) is 2. The maximum atomic E-state index is 12.3. The highest BCUT2D eigenvalue weighted by atomic mass is 16.6. The molecule has 0 aliphatic carbocycles. The van der Waals surface area contributed by atoms with E-state index in [1.54, 1.807) is 12.1 Å². The Kier molecular flexibility index (Phi) is 7.95. The molecule has 0 aliphatic rings. The summed E-state index contributed by atoms with van der Waals surface area (Å²) < 4.78 is 0. The van der Waals surface area contributed by atoms with E-state index >= 15 is 0 Å². The number of para-hydroxylation sites is 1. The largest absolute Gasteiger partial charge is 0.385 e. The lowest BCUT2D eigenvalue weighted by atomic mass is 9.92. The van der Waals surface area contributed by atoms with Crippen molar-refractivity contribution in [2.45, 2.75) is 46.5 Å². The Labute approximate surface area is 172 Å². The second kappa shape index (κ2) is 10.4. The first-order valence-electron chi connectivity index (χ1n) is 9.73. The van der Waals surface area contributed by atoms with E-state index in [1.165, 1.54) is 0 Å². The van der Waals surface area contributed by atoms with Gasteiger partial charge in [-0.2, -0.15) is 0 Å². The van der Waals surface area contributed by atoms with Crippen LogP contribution in [0.3, 0.4) is 0 Å². The Balaban J connectivity index is 1.91.